The molecule has 0 aliphatic carbocycles. The summed E-state index contributed by atoms with van der Waals surface area (Å²) in [5.74, 6) is 0. The smallest absolute Gasteiger partial charge is 0.284 e. The Morgan fingerprint density at radius 3 is 2.55 bits per heavy atom. The first-order valence-electron chi connectivity index (χ1n) is 5.45. The van der Waals surface area contributed by atoms with E-state index >= 15 is 0 Å². The van der Waals surface area contributed by atoms with Crippen LogP contribution in [-0.2, 0) is 10.0 Å². The monoisotopic (exact) mass is 311 g/mol. The first-order valence-corrected chi connectivity index (χ1v) is 7.27. The summed E-state index contributed by atoms with van der Waals surface area (Å²) in [5.41, 5.74) is 0.294. The molecule has 2 rings (SSSR count). The lowest BCUT2D eigenvalue weighted by atomic mass is 10.3. The van der Waals surface area contributed by atoms with Gasteiger partial charge in [0, 0.05) is 11.2 Å². The average Bonchev–Trinajstić information content (AvgIpc) is 2.41. The van der Waals surface area contributed by atoms with Crippen molar-refractivity contribution in [3.8, 4) is 0 Å². The number of allylic oxidation sites excluding steroid dienone is 3. The maximum absolute atomic E-state index is 11.8. The van der Waals surface area contributed by atoms with Crippen LogP contribution in [0.2, 0.25) is 5.02 Å². The molecule has 0 fully saturated rings. The predicted molar refractivity (Wildman–Crippen MR) is 73.5 cm³/mol. The first-order chi connectivity index (χ1) is 9.49. The largest absolute Gasteiger partial charge is 0.299 e. The minimum atomic E-state index is -3.88. The van der Waals surface area contributed by atoms with Crippen LogP contribution < -0.4 is 0 Å². The van der Waals surface area contributed by atoms with Gasteiger partial charge in [-0.15, -0.1) is 5.11 Å². The van der Waals surface area contributed by atoms with Crippen LogP contribution in [-0.4, -0.2) is 18.7 Å². The van der Waals surface area contributed by atoms with Gasteiger partial charge in [0.1, 0.15) is 0 Å². The van der Waals surface area contributed by atoms with Gasteiger partial charge in [-0.3, -0.25) is 5.21 Å². The highest BCUT2D eigenvalue weighted by molar-refractivity contribution is 7.90. The van der Waals surface area contributed by atoms with Gasteiger partial charge < -0.3 is 0 Å². The van der Waals surface area contributed by atoms with E-state index in [0.29, 0.717) is 10.7 Å². The van der Waals surface area contributed by atoms with E-state index in [2.05, 4.69) is 9.63 Å². The molecule has 0 unspecified atom stereocenters. The molecule has 1 aliphatic rings. The third kappa shape index (κ3) is 3.53. The summed E-state index contributed by atoms with van der Waals surface area (Å²) >= 11 is 5.68. The summed E-state index contributed by atoms with van der Waals surface area (Å²) in [6, 6.07) is 5.58. The van der Waals surface area contributed by atoms with Crippen molar-refractivity contribution < 1.29 is 13.6 Å². The fourth-order valence-electron chi connectivity index (χ4n) is 1.35. The summed E-state index contributed by atoms with van der Waals surface area (Å²) in [5, 5.41) is 14.1. The second kappa shape index (κ2) is 6.00. The molecule has 20 heavy (non-hydrogen) atoms. The molecule has 8 heteroatoms. The van der Waals surface area contributed by atoms with Crippen molar-refractivity contribution in [2.75, 3.05) is 0 Å². The molecule has 0 radical (unpaired) electrons. The van der Waals surface area contributed by atoms with Crippen molar-refractivity contribution in [3.05, 3.63) is 65.6 Å². The van der Waals surface area contributed by atoms with Crippen molar-refractivity contribution in [1.29, 1.82) is 0 Å². The van der Waals surface area contributed by atoms with Crippen LogP contribution in [0.4, 0.5) is 0 Å². The van der Waals surface area contributed by atoms with Gasteiger partial charge in [0.05, 0.1) is 16.8 Å². The molecule has 0 aromatic heterocycles. The number of hydrogen-bond acceptors (Lipinski definition) is 5. The lowest BCUT2D eigenvalue weighted by molar-refractivity contribution is -0.000512. The van der Waals surface area contributed by atoms with Gasteiger partial charge in [-0.25, -0.2) is 5.06 Å². The lowest BCUT2D eigenvalue weighted by Crippen LogP contribution is -2.10. The molecule has 1 aliphatic heterocycles. The van der Waals surface area contributed by atoms with E-state index < -0.39 is 10.0 Å². The van der Waals surface area contributed by atoms with Crippen LogP contribution in [0.15, 0.2) is 75.1 Å². The zero-order valence-electron chi connectivity index (χ0n) is 10.1. The maximum Gasteiger partial charge on any atom is 0.299 e. The fourth-order valence-corrected chi connectivity index (χ4v) is 2.22. The van der Waals surface area contributed by atoms with Crippen molar-refractivity contribution >= 4 is 21.6 Å². The Kier molecular flexibility index (Phi) is 4.33. The Morgan fingerprint density at radius 1 is 1.20 bits per heavy atom. The third-order valence-electron chi connectivity index (χ3n) is 2.33. The molecular weight excluding hydrogens is 302 g/mol. The molecule has 104 valence electrons. The molecule has 0 spiro atoms. The quantitative estimate of drug-likeness (QED) is 0.869. The van der Waals surface area contributed by atoms with E-state index in [1.807, 2.05) is 0 Å². The van der Waals surface area contributed by atoms with Crippen LogP contribution >= 0.6 is 11.6 Å². The SMILES string of the molecule is O=S(=O)(N=N/C=C1\C=CC=CN1O)c1ccc(Cl)cc1. The zero-order valence-corrected chi connectivity index (χ0v) is 11.7. The van der Waals surface area contributed by atoms with Gasteiger partial charge in [0.15, 0.2) is 0 Å². The van der Waals surface area contributed by atoms with Crippen LogP contribution in [0.5, 0.6) is 0 Å². The van der Waals surface area contributed by atoms with Gasteiger partial charge in [-0.1, -0.05) is 22.2 Å². The Bertz CT molecular complexity index is 706. The molecule has 6 nitrogen and oxygen atoms in total. The highest BCUT2D eigenvalue weighted by Gasteiger charge is 2.12. The molecular formula is C12H10ClN3O3S. The fraction of sp³-hybridized carbons (Fsp3) is 0. The van der Waals surface area contributed by atoms with E-state index in [9.17, 15) is 13.6 Å². The zero-order chi connectivity index (χ0) is 14.6. The van der Waals surface area contributed by atoms with E-state index in [1.54, 1.807) is 18.2 Å². The van der Waals surface area contributed by atoms with Crippen LogP contribution in [0.25, 0.3) is 0 Å². The lowest BCUT2D eigenvalue weighted by Gasteiger charge is -2.13. The number of benzene rings is 1. The number of hydrogen-bond donors (Lipinski definition) is 1. The standard InChI is InChI=1S/C12H10ClN3O3S/c13-10-4-6-12(7-5-10)20(18,19)15-14-9-11-3-1-2-8-16(11)17/h1-9,17H/b11-9+,15-14?. The summed E-state index contributed by atoms with van der Waals surface area (Å²) in [6.07, 6.45) is 7.34. The molecule has 1 aromatic carbocycles. The van der Waals surface area contributed by atoms with Gasteiger partial charge in [-0.2, -0.15) is 8.42 Å². The number of halogens is 1. The van der Waals surface area contributed by atoms with E-state index in [0.717, 1.165) is 11.3 Å². The molecule has 0 saturated heterocycles. The summed E-state index contributed by atoms with van der Waals surface area (Å²) < 4.78 is 26.9. The van der Waals surface area contributed by atoms with E-state index in [-0.39, 0.29) is 4.90 Å². The minimum Gasteiger partial charge on any atom is -0.284 e. The highest BCUT2D eigenvalue weighted by Crippen LogP contribution is 2.17. The van der Waals surface area contributed by atoms with Crippen LogP contribution in [0.3, 0.4) is 0 Å². The number of hydroxylamine groups is 2. The van der Waals surface area contributed by atoms with Crippen LogP contribution in [0, 0.1) is 0 Å². The summed E-state index contributed by atoms with van der Waals surface area (Å²) in [4.78, 5) is -0.0102. The number of sulfonamides is 1. The molecule has 1 aromatic rings. The summed E-state index contributed by atoms with van der Waals surface area (Å²) in [6.45, 7) is 0. The van der Waals surface area contributed by atoms with Gasteiger partial charge >= 0.3 is 0 Å². The third-order valence-corrected chi connectivity index (χ3v) is 3.76. The normalized spacial score (nSPS) is 17.3. The van der Waals surface area contributed by atoms with E-state index in [1.165, 1.54) is 30.5 Å². The van der Waals surface area contributed by atoms with Crippen LogP contribution in [0.1, 0.15) is 0 Å². The highest BCUT2D eigenvalue weighted by atomic mass is 35.5. The topological polar surface area (TPSA) is 82.3 Å². The maximum atomic E-state index is 11.8. The Hall–Kier alpha value is -1.96. The number of rotatable bonds is 3. The molecule has 1 heterocycles. The number of nitrogens with zero attached hydrogens (tertiary/aromatic N) is 3. The second-order valence-corrected chi connectivity index (χ2v) is 5.75. The van der Waals surface area contributed by atoms with Crippen molar-refractivity contribution in [2.24, 2.45) is 9.63 Å². The molecule has 0 bridgehead atoms. The van der Waals surface area contributed by atoms with Gasteiger partial charge in [0.2, 0.25) is 0 Å². The van der Waals surface area contributed by atoms with Gasteiger partial charge in [0.25, 0.3) is 10.0 Å². The Balaban J connectivity index is 2.18. The predicted octanol–water partition coefficient (Wildman–Crippen LogP) is 3.10. The Morgan fingerprint density at radius 2 is 1.90 bits per heavy atom. The second-order valence-electron chi connectivity index (χ2n) is 3.73. The molecule has 1 N–H and O–H groups in total. The van der Waals surface area contributed by atoms with Crippen molar-refractivity contribution in [3.63, 3.8) is 0 Å². The van der Waals surface area contributed by atoms with Crippen molar-refractivity contribution in [1.82, 2.24) is 5.06 Å². The van der Waals surface area contributed by atoms with Gasteiger partial charge in [-0.05, 0) is 36.4 Å². The first kappa shape index (κ1) is 14.4. The minimum absolute atomic E-state index is 0.0102. The van der Waals surface area contributed by atoms with E-state index in [4.69, 9.17) is 11.6 Å². The summed E-state index contributed by atoms with van der Waals surface area (Å²) in [7, 11) is -3.88. The molecule has 0 atom stereocenters. The molecule has 0 saturated carbocycles. The average molecular weight is 312 g/mol. The van der Waals surface area contributed by atoms with Crippen molar-refractivity contribution in [2.45, 2.75) is 4.90 Å². The molecule has 0 amide bonds. The Labute approximate surface area is 121 Å².